The Labute approximate surface area is 148 Å². The molecule has 0 spiro atoms. The topological polar surface area (TPSA) is 118 Å². The molecular weight excluding hydrogens is 328 g/mol. The Balaban J connectivity index is 4.62. The molecule has 0 heterocycles. The number of carboxylic acid groups (broad SMARTS) is 2. The normalized spacial score (nSPS) is 15.7. The minimum Gasteiger partial charge on any atom is -0.481 e. The molecule has 0 bridgehead atoms. The SMILES string of the molecule is CCC(C)CC(CC(=O)OC(=O)CC(CC(C)CC)C(=O)O)C(=O)O. The second-order valence-corrected chi connectivity index (χ2v) is 6.82. The van der Waals surface area contributed by atoms with Gasteiger partial charge in [0.1, 0.15) is 0 Å². The summed E-state index contributed by atoms with van der Waals surface area (Å²) in [6.07, 6.45) is 1.42. The number of hydrogen-bond acceptors (Lipinski definition) is 5. The summed E-state index contributed by atoms with van der Waals surface area (Å²) >= 11 is 0. The molecule has 0 aromatic heterocycles. The summed E-state index contributed by atoms with van der Waals surface area (Å²) in [6, 6.07) is 0. The van der Waals surface area contributed by atoms with Gasteiger partial charge in [-0.15, -0.1) is 0 Å². The second-order valence-electron chi connectivity index (χ2n) is 6.82. The Bertz CT molecular complexity index is 430. The largest absolute Gasteiger partial charge is 0.481 e. The summed E-state index contributed by atoms with van der Waals surface area (Å²) in [5.74, 6) is -5.61. The lowest BCUT2D eigenvalue weighted by atomic mass is 9.91. The van der Waals surface area contributed by atoms with Crippen LogP contribution in [0.2, 0.25) is 0 Å². The van der Waals surface area contributed by atoms with Gasteiger partial charge in [0.25, 0.3) is 0 Å². The summed E-state index contributed by atoms with van der Waals surface area (Å²) < 4.78 is 4.64. The molecule has 0 aliphatic carbocycles. The van der Waals surface area contributed by atoms with Gasteiger partial charge in [-0.05, 0) is 24.7 Å². The van der Waals surface area contributed by atoms with Gasteiger partial charge < -0.3 is 14.9 Å². The third-order valence-electron chi connectivity index (χ3n) is 4.52. The molecule has 4 unspecified atom stereocenters. The first-order chi connectivity index (χ1) is 11.6. The highest BCUT2D eigenvalue weighted by molar-refractivity contribution is 5.89. The van der Waals surface area contributed by atoms with Crippen molar-refractivity contribution in [3.63, 3.8) is 0 Å². The van der Waals surface area contributed by atoms with Crippen LogP contribution in [0, 0.1) is 23.7 Å². The van der Waals surface area contributed by atoms with Gasteiger partial charge in [0.2, 0.25) is 0 Å². The molecular formula is C18H30O7. The van der Waals surface area contributed by atoms with Crippen molar-refractivity contribution in [2.24, 2.45) is 23.7 Å². The van der Waals surface area contributed by atoms with Crippen LogP contribution in [0.25, 0.3) is 0 Å². The highest BCUT2D eigenvalue weighted by atomic mass is 16.6. The lowest BCUT2D eigenvalue weighted by Crippen LogP contribution is -2.26. The van der Waals surface area contributed by atoms with E-state index in [1.54, 1.807) is 0 Å². The molecule has 2 N–H and O–H groups in total. The zero-order valence-corrected chi connectivity index (χ0v) is 15.5. The maximum atomic E-state index is 11.8. The summed E-state index contributed by atoms with van der Waals surface area (Å²) in [4.78, 5) is 46.1. The summed E-state index contributed by atoms with van der Waals surface area (Å²) in [5.41, 5.74) is 0. The molecule has 0 saturated carbocycles. The third-order valence-corrected chi connectivity index (χ3v) is 4.52. The summed E-state index contributed by atoms with van der Waals surface area (Å²) in [5, 5.41) is 18.3. The Morgan fingerprint density at radius 3 is 1.32 bits per heavy atom. The van der Waals surface area contributed by atoms with Gasteiger partial charge in [-0.2, -0.15) is 0 Å². The monoisotopic (exact) mass is 358 g/mol. The molecule has 0 aromatic rings. The van der Waals surface area contributed by atoms with E-state index >= 15 is 0 Å². The Morgan fingerprint density at radius 2 is 1.08 bits per heavy atom. The van der Waals surface area contributed by atoms with Gasteiger partial charge in [0, 0.05) is 0 Å². The predicted octanol–water partition coefficient (Wildman–Crippen LogP) is 3.11. The molecule has 0 rings (SSSR count). The fraction of sp³-hybridized carbons (Fsp3) is 0.778. The minimum absolute atomic E-state index is 0.136. The predicted molar refractivity (Wildman–Crippen MR) is 90.7 cm³/mol. The van der Waals surface area contributed by atoms with Gasteiger partial charge in [-0.1, -0.05) is 40.5 Å². The standard InChI is InChI=1S/C18H30O7/c1-5-11(3)7-13(17(21)22)9-15(19)25-16(20)10-14(18(23)24)8-12(4)6-2/h11-14H,5-10H2,1-4H3,(H,21,22)(H,23,24). The maximum Gasteiger partial charge on any atom is 0.314 e. The molecule has 4 atom stereocenters. The van der Waals surface area contributed by atoms with E-state index in [1.165, 1.54) is 0 Å². The number of esters is 2. The Hall–Kier alpha value is -1.92. The first-order valence-electron chi connectivity index (χ1n) is 8.79. The van der Waals surface area contributed by atoms with E-state index in [9.17, 15) is 29.4 Å². The molecule has 0 aromatic carbocycles. The smallest absolute Gasteiger partial charge is 0.314 e. The number of rotatable bonds is 12. The van der Waals surface area contributed by atoms with Crippen molar-refractivity contribution in [2.45, 2.75) is 66.2 Å². The van der Waals surface area contributed by atoms with Crippen molar-refractivity contribution >= 4 is 23.9 Å². The average molecular weight is 358 g/mol. The van der Waals surface area contributed by atoms with E-state index < -0.39 is 48.6 Å². The van der Waals surface area contributed by atoms with Crippen molar-refractivity contribution < 1.29 is 34.1 Å². The number of carboxylic acids is 2. The molecule has 0 amide bonds. The van der Waals surface area contributed by atoms with Crippen LogP contribution in [0.4, 0.5) is 0 Å². The number of ether oxygens (including phenoxy) is 1. The van der Waals surface area contributed by atoms with Crippen molar-refractivity contribution in [1.29, 1.82) is 0 Å². The van der Waals surface area contributed by atoms with Crippen molar-refractivity contribution in [3.8, 4) is 0 Å². The summed E-state index contributed by atoms with van der Waals surface area (Å²) in [6.45, 7) is 7.63. The van der Waals surface area contributed by atoms with Gasteiger partial charge in [0.05, 0.1) is 24.7 Å². The van der Waals surface area contributed by atoms with Crippen LogP contribution in [0.1, 0.15) is 66.2 Å². The van der Waals surface area contributed by atoms with Gasteiger partial charge in [0.15, 0.2) is 0 Å². The number of aliphatic carboxylic acids is 2. The fourth-order valence-corrected chi connectivity index (χ4v) is 2.46. The first-order valence-corrected chi connectivity index (χ1v) is 8.79. The fourth-order valence-electron chi connectivity index (χ4n) is 2.46. The third kappa shape index (κ3) is 9.84. The van der Waals surface area contributed by atoms with Crippen LogP contribution in [-0.4, -0.2) is 34.1 Å². The highest BCUT2D eigenvalue weighted by Gasteiger charge is 2.28. The van der Waals surface area contributed by atoms with E-state index in [2.05, 4.69) is 4.74 Å². The van der Waals surface area contributed by atoms with Crippen LogP contribution in [0.15, 0.2) is 0 Å². The van der Waals surface area contributed by atoms with Crippen LogP contribution < -0.4 is 0 Å². The molecule has 7 nitrogen and oxygen atoms in total. The lowest BCUT2D eigenvalue weighted by molar-refractivity contribution is -0.165. The van der Waals surface area contributed by atoms with Gasteiger partial charge in [-0.3, -0.25) is 19.2 Å². The van der Waals surface area contributed by atoms with Crippen LogP contribution in [0.5, 0.6) is 0 Å². The molecule has 0 saturated heterocycles. The minimum atomic E-state index is -1.11. The quantitative estimate of drug-likeness (QED) is 0.406. The molecule has 0 radical (unpaired) electrons. The zero-order chi connectivity index (χ0) is 19.6. The van der Waals surface area contributed by atoms with Crippen LogP contribution >= 0.6 is 0 Å². The first kappa shape index (κ1) is 23.1. The Morgan fingerprint density at radius 1 is 0.760 bits per heavy atom. The Kier molecular flexibility index (Phi) is 10.7. The zero-order valence-electron chi connectivity index (χ0n) is 15.5. The second kappa shape index (κ2) is 11.6. The molecule has 0 fully saturated rings. The molecule has 7 heteroatoms. The van der Waals surface area contributed by atoms with Gasteiger partial charge >= 0.3 is 23.9 Å². The molecule has 144 valence electrons. The van der Waals surface area contributed by atoms with Gasteiger partial charge in [-0.25, -0.2) is 0 Å². The van der Waals surface area contributed by atoms with E-state index in [-0.39, 0.29) is 11.8 Å². The highest BCUT2D eigenvalue weighted by Crippen LogP contribution is 2.21. The maximum absolute atomic E-state index is 11.8. The number of hydrogen-bond donors (Lipinski definition) is 2. The molecule has 25 heavy (non-hydrogen) atoms. The van der Waals surface area contributed by atoms with Crippen LogP contribution in [-0.2, 0) is 23.9 Å². The number of carbonyl (C=O) groups excluding carboxylic acids is 2. The molecule has 0 aliphatic rings. The van der Waals surface area contributed by atoms with E-state index in [0.717, 1.165) is 12.8 Å². The van der Waals surface area contributed by atoms with E-state index in [1.807, 2.05) is 27.7 Å². The van der Waals surface area contributed by atoms with Crippen LogP contribution in [0.3, 0.4) is 0 Å². The van der Waals surface area contributed by atoms with E-state index in [4.69, 9.17) is 0 Å². The lowest BCUT2D eigenvalue weighted by Gasteiger charge is -2.17. The van der Waals surface area contributed by atoms with Crippen molar-refractivity contribution in [2.75, 3.05) is 0 Å². The molecule has 0 aliphatic heterocycles. The van der Waals surface area contributed by atoms with Crippen molar-refractivity contribution in [1.82, 2.24) is 0 Å². The summed E-state index contributed by atoms with van der Waals surface area (Å²) in [7, 11) is 0. The number of carbonyl (C=O) groups is 4. The van der Waals surface area contributed by atoms with Crippen molar-refractivity contribution in [3.05, 3.63) is 0 Å². The van der Waals surface area contributed by atoms with E-state index in [0.29, 0.717) is 12.8 Å². The average Bonchev–Trinajstić information content (AvgIpc) is 2.52.